The predicted octanol–water partition coefficient (Wildman–Crippen LogP) is 3.71. The Bertz CT molecular complexity index is 155. The van der Waals surface area contributed by atoms with Gasteiger partial charge in [0.2, 0.25) is 0 Å². The second-order valence-electron chi connectivity index (χ2n) is 5.49. The zero-order valence-corrected chi connectivity index (χ0v) is 12.3. The van der Waals surface area contributed by atoms with Crippen LogP contribution in [0.1, 0.15) is 66.2 Å². The standard InChI is InChI=1S/C13H30N2S/c1-5-6-7-8-9-10-12(15-14)11-16-13(2,3)4/h12,15H,5-11,14H2,1-4H3. The lowest BCUT2D eigenvalue weighted by molar-refractivity contribution is 0.496. The molecule has 0 aromatic carbocycles. The fourth-order valence-electron chi connectivity index (χ4n) is 1.56. The number of unbranched alkanes of at least 4 members (excludes halogenated alkanes) is 4. The van der Waals surface area contributed by atoms with E-state index in [0.717, 1.165) is 5.75 Å². The second-order valence-corrected chi connectivity index (χ2v) is 7.34. The van der Waals surface area contributed by atoms with Crippen molar-refractivity contribution < 1.29 is 0 Å². The summed E-state index contributed by atoms with van der Waals surface area (Å²) in [6, 6.07) is 0.478. The number of hydrogen-bond acceptors (Lipinski definition) is 3. The first-order valence-corrected chi connectivity index (χ1v) is 7.58. The fraction of sp³-hybridized carbons (Fsp3) is 1.00. The minimum absolute atomic E-state index is 0.345. The minimum atomic E-state index is 0.345. The topological polar surface area (TPSA) is 38.0 Å². The largest absolute Gasteiger partial charge is 0.271 e. The predicted molar refractivity (Wildman–Crippen MR) is 76.7 cm³/mol. The minimum Gasteiger partial charge on any atom is -0.271 e. The van der Waals surface area contributed by atoms with Crippen molar-refractivity contribution >= 4 is 11.8 Å². The number of nitrogens with two attached hydrogens (primary N) is 1. The normalized spacial score (nSPS) is 14.1. The Labute approximate surface area is 106 Å². The molecule has 0 saturated heterocycles. The Morgan fingerprint density at radius 3 is 2.25 bits per heavy atom. The van der Waals surface area contributed by atoms with E-state index in [-0.39, 0.29) is 0 Å². The first-order valence-electron chi connectivity index (χ1n) is 6.59. The van der Waals surface area contributed by atoms with Crippen molar-refractivity contribution in [1.29, 1.82) is 0 Å². The molecule has 0 spiro atoms. The molecule has 3 N–H and O–H groups in total. The molecule has 16 heavy (non-hydrogen) atoms. The lowest BCUT2D eigenvalue weighted by Crippen LogP contribution is -2.37. The van der Waals surface area contributed by atoms with Crippen LogP contribution in [-0.4, -0.2) is 16.5 Å². The SMILES string of the molecule is CCCCCCCC(CSC(C)(C)C)NN. The Morgan fingerprint density at radius 1 is 1.12 bits per heavy atom. The third kappa shape index (κ3) is 10.8. The maximum atomic E-state index is 5.58. The molecule has 0 aliphatic carbocycles. The van der Waals surface area contributed by atoms with Crippen LogP contribution in [0.3, 0.4) is 0 Å². The van der Waals surface area contributed by atoms with Crippen molar-refractivity contribution in [2.45, 2.75) is 77.0 Å². The lowest BCUT2D eigenvalue weighted by Gasteiger charge is -2.22. The van der Waals surface area contributed by atoms with E-state index >= 15 is 0 Å². The molecular formula is C13H30N2S. The van der Waals surface area contributed by atoms with Crippen LogP contribution in [0.25, 0.3) is 0 Å². The molecule has 0 radical (unpaired) electrons. The average molecular weight is 246 g/mol. The molecule has 0 heterocycles. The van der Waals surface area contributed by atoms with Gasteiger partial charge in [0, 0.05) is 16.5 Å². The van der Waals surface area contributed by atoms with Gasteiger partial charge in [0.25, 0.3) is 0 Å². The first kappa shape index (κ1) is 16.3. The van der Waals surface area contributed by atoms with Gasteiger partial charge in [-0.15, -0.1) is 0 Å². The Balaban J connectivity index is 3.52. The summed E-state index contributed by atoms with van der Waals surface area (Å²) in [6.07, 6.45) is 7.94. The monoisotopic (exact) mass is 246 g/mol. The van der Waals surface area contributed by atoms with Gasteiger partial charge in [-0.25, -0.2) is 0 Å². The molecule has 0 amide bonds. The Kier molecular flexibility index (Phi) is 9.47. The summed E-state index contributed by atoms with van der Waals surface area (Å²) in [6.45, 7) is 9.02. The molecule has 0 aromatic rings. The van der Waals surface area contributed by atoms with Crippen LogP contribution in [0, 0.1) is 0 Å². The van der Waals surface area contributed by atoms with Gasteiger partial charge >= 0.3 is 0 Å². The Hall–Kier alpha value is 0.270. The van der Waals surface area contributed by atoms with Crippen LogP contribution in [0.5, 0.6) is 0 Å². The summed E-state index contributed by atoms with van der Waals surface area (Å²) in [4.78, 5) is 0. The van der Waals surface area contributed by atoms with Crippen LogP contribution < -0.4 is 11.3 Å². The molecule has 0 aromatic heterocycles. The van der Waals surface area contributed by atoms with Gasteiger partial charge in [-0.3, -0.25) is 11.3 Å². The zero-order valence-electron chi connectivity index (χ0n) is 11.5. The van der Waals surface area contributed by atoms with Crippen molar-refractivity contribution in [3.8, 4) is 0 Å². The molecule has 98 valence electrons. The van der Waals surface area contributed by atoms with E-state index in [1.165, 1.54) is 38.5 Å². The molecule has 0 saturated carbocycles. The summed E-state index contributed by atoms with van der Waals surface area (Å²) in [5.74, 6) is 6.70. The van der Waals surface area contributed by atoms with Gasteiger partial charge in [0.15, 0.2) is 0 Å². The maximum Gasteiger partial charge on any atom is 0.0301 e. The zero-order chi connectivity index (χ0) is 12.4. The quantitative estimate of drug-likeness (QED) is 0.370. The molecule has 1 unspecified atom stereocenters. The first-order chi connectivity index (χ1) is 7.49. The average Bonchev–Trinajstić information content (AvgIpc) is 2.21. The van der Waals surface area contributed by atoms with Crippen molar-refractivity contribution in [2.24, 2.45) is 5.84 Å². The van der Waals surface area contributed by atoms with Gasteiger partial charge in [-0.05, 0) is 6.42 Å². The molecule has 0 rings (SSSR count). The smallest absolute Gasteiger partial charge is 0.0301 e. The van der Waals surface area contributed by atoms with E-state index < -0.39 is 0 Å². The number of rotatable bonds is 9. The third-order valence-electron chi connectivity index (χ3n) is 2.61. The van der Waals surface area contributed by atoms with Crippen LogP contribution >= 0.6 is 11.8 Å². The van der Waals surface area contributed by atoms with Gasteiger partial charge in [-0.2, -0.15) is 11.8 Å². The molecule has 3 heteroatoms. The summed E-state index contributed by atoms with van der Waals surface area (Å²) in [5.41, 5.74) is 2.94. The van der Waals surface area contributed by atoms with Gasteiger partial charge in [0.1, 0.15) is 0 Å². The van der Waals surface area contributed by atoms with Gasteiger partial charge in [0.05, 0.1) is 0 Å². The highest BCUT2D eigenvalue weighted by Crippen LogP contribution is 2.24. The van der Waals surface area contributed by atoms with E-state index in [1.807, 2.05) is 11.8 Å². The van der Waals surface area contributed by atoms with Crippen molar-refractivity contribution in [3.05, 3.63) is 0 Å². The van der Waals surface area contributed by atoms with Crippen LogP contribution in [0.15, 0.2) is 0 Å². The molecule has 0 aliphatic heterocycles. The summed E-state index contributed by atoms with van der Waals surface area (Å²) in [7, 11) is 0. The summed E-state index contributed by atoms with van der Waals surface area (Å²) >= 11 is 1.99. The second kappa shape index (κ2) is 9.32. The highest BCUT2D eigenvalue weighted by atomic mass is 32.2. The van der Waals surface area contributed by atoms with Crippen LogP contribution in [0.4, 0.5) is 0 Å². The molecule has 0 bridgehead atoms. The molecule has 1 atom stereocenters. The number of thioether (sulfide) groups is 1. The van der Waals surface area contributed by atoms with Gasteiger partial charge < -0.3 is 0 Å². The highest BCUT2D eigenvalue weighted by Gasteiger charge is 2.14. The van der Waals surface area contributed by atoms with Crippen molar-refractivity contribution in [2.75, 3.05) is 5.75 Å². The van der Waals surface area contributed by atoms with E-state index in [1.54, 1.807) is 0 Å². The van der Waals surface area contributed by atoms with Gasteiger partial charge in [-0.1, -0.05) is 59.8 Å². The van der Waals surface area contributed by atoms with E-state index in [4.69, 9.17) is 5.84 Å². The molecular weight excluding hydrogens is 216 g/mol. The van der Waals surface area contributed by atoms with Crippen LogP contribution in [-0.2, 0) is 0 Å². The van der Waals surface area contributed by atoms with Crippen molar-refractivity contribution in [3.63, 3.8) is 0 Å². The lowest BCUT2D eigenvalue weighted by atomic mass is 10.1. The maximum absolute atomic E-state index is 5.58. The van der Waals surface area contributed by atoms with E-state index in [9.17, 15) is 0 Å². The number of hydrazine groups is 1. The van der Waals surface area contributed by atoms with E-state index in [2.05, 4.69) is 33.1 Å². The highest BCUT2D eigenvalue weighted by molar-refractivity contribution is 8.00. The molecule has 0 fully saturated rings. The number of nitrogens with one attached hydrogen (secondary N) is 1. The summed E-state index contributed by atoms with van der Waals surface area (Å²) in [5, 5.41) is 0. The Morgan fingerprint density at radius 2 is 1.75 bits per heavy atom. The number of hydrogen-bond donors (Lipinski definition) is 2. The summed E-state index contributed by atoms with van der Waals surface area (Å²) < 4.78 is 0.345. The molecule has 0 aliphatic rings. The molecule has 2 nitrogen and oxygen atoms in total. The fourth-order valence-corrected chi connectivity index (χ4v) is 2.52. The van der Waals surface area contributed by atoms with E-state index in [0.29, 0.717) is 10.8 Å². The van der Waals surface area contributed by atoms with Crippen LogP contribution in [0.2, 0.25) is 0 Å². The third-order valence-corrected chi connectivity index (χ3v) is 4.04. The van der Waals surface area contributed by atoms with Crippen molar-refractivity contribution in [1.82, 2.24) is 5.43 Å².